The highest BCUT2D eigenvalue weighted by atomic mass is 35.5. The van der Waals surface area contributed by atoms with Crippen LogP contribution in [0.5, 0.6) is 0 Å². The molecule has 0 N–H and O–H groups in total. The van der Waals surface area contributed by atoms with E-state index in [4.69, 9.17) is 23.2 Å². The van der Waals surface area contributed by atoms with Crippen LogP contribution in [0.4, 0.5) is 5.69 Å². The lowest BCUT2D eigenvalue weighted by Gasteiger charge is -1.93. The van der Waals surface area contributed by atoms with Crippen molar-refractivity contribution in [2.75, 3.05) is 0 Å². The number of non-ortho nitro benzene ring substituents is 1. The van der Waals surface area contributed by atoms with Gasteiger partial charge in [-0.15, -0.1) is 13.2 Å². The van der Waals surface area contributed by atoms with Crippen molar-refractivity contribution in [3.8, 4) is 0 Å². The number of hydrogen-bond donors (Lipinski definition) is 0. The largest absolute Gasteiger partial charge is 0.271 e. The van der Waals surface area contributed by atoms with Gasteiger partial charge in [-0.05, 0) is 6.07 Å². The van der Waals surface area contributed by atoms with Gasteiger partial charge >= 0.3 is 0 Å². The summed E-state index contributed by atoms with van der Waals surface area (Å²) in [6.07, 6.45) is 0. The number of nitrogens with zero attached hydrogens (tertiary/aromatic N) is 1. The second kappa shape index (κ2) is 5.56. The highest BCUT2D eigenvalue weighted by Gasteiger charge is 2.06. The standard InChI is InChI=1S/C6H3Cl2NO2.C2H4/c7-5-2-1-4(9(10)11)3-6(5)8;1-2/h1-3H;1-2H2. The number of rotatable bonds is 1. The lowest BCUT2D eigenvalue weighted by molar-refractivity contribution is -0.384. The van der Waals surface area contributed by atoms with Crippen LogP contribution in [0.3, 0.4) is 0 Å². The van der Waals surface area contributed by atoms with Crippen molar-refractivity contribution in [3.63, 3.8) is 0 Å². The Kier molecular flexibility index (Phi) is 5.11. The van der Waals surface area contributed by atoms with Crippen LogP contribution in [-0.4, -0.2) is 4.92 Å². The monoisotopic (exact) mass is 219 g/mol. The average molecular weight is 220 g/mol. The molecule has 13 heavy (non-hydrogen) atoms. The quantitative estimate of drug-likeness (QED) is 0.411. The Hall–Kier alpha value is -1.06. The minimum Gasteiger partial charge on any atom is -0.258 e. The Morgan fingerprint density at radius 2 is 1.77 bits per heavy atom. The summed E-state index contributed by atoms with van der Waals surface area (Å²) in [4.78, 5) is 9.64. The summed E-state index contributed by atoms with van der Waals surface area (Å²) in [6.45, 7) is 6.00. The highest BCUT2D eigenvalue weighted by Crippen LogP contribution is 2.25. The number of nitro benzene ring substituents is 1. The lowest BCUT2D eigenvalue weighted by Crippen LogP contribution is -1.86. The van der Waals surface area contributed by atoms with Gasteiger partial charge in [0.25, 0.3) is 5.69 Å². The molecule has 0 amide bonds. The molecule has 1 aromatic rings. The molecule has 0 aromatic heterocycles. The first kappa shape index (κ1) is 11.9. The van der Waals surface area contributed by atoms with Crippen molar-refractivity contribution in [3.05, 3.63) is 51.5 Å². The second-order valence-electron chi connectivity index (χ2n) is 1.86. The molecule has 0 saturated heterocycles. The van der Waals surface area contributed by atoms with Gasteiger partial charge in [-0.3, -0.25) is 10.1 Å². The molecule has 0 heterocycles. The Morgan fingerprint density at radius 1 is 1.23 bits per heavy atom. The molecular formula is C8H7Cl2NO2. The summed E-state index contributed by atoms with van der Waals surface area (Å²) in [5.41, 5.74) is -0.0561. The van der Waals surface area contributed by atoms with E-state index in [0.29, 0.717) is 5.02 Å². The molecule has 1 rings (SSSR count). The smallest absolute Gasteiger partial charge is 0.258 e. The number of halogens is 2. The minimum absolute atomic E-state index is 0.0561. The van der Waals surface area contributed by atoms with Crippen LogP contribution in [0, 0.1) is 10.1 Å². The van der Waals surface area contributed by atoms with E-state index in [-0.39, 0.29) is 10.7 Å². The molecule has 70 valence electrons. The summed E-state index contributed by atoms with van der Waals surface area (Å²) >= 11 is 11.1. The van der Waals surface area contributed by atoms with Crippen molar-refractivity contribution < 1.29 is 4.92 Å². The summed E-state index contributed by atoms with van der Waals surface area (Å²) < 4.78 is 0. The first-order chi connectivity index (χ1) is 6.11. The van der Waals surface area contributed by atoms with Gasteiger partial charge in [0.1, 0.15) is 0 Å². The third-order valence-electron chi connectivity index (χ3n) is 1.11. The molecule has 0 unspecified atom stereocenters. The zero-order chi connectivity index (χ0) is 10.4. The molecule has 0 radical (unpaired) electrons. The molecule has 1 aromatic carbocycles. The zero-order valence-electron chi connectivity index (χ0n) is 6.67. The molecule has 0 aliphatic carbocycles. The van der Waals surface area contributed by atoms with Crippen molar-refractivity contribution in [1.29, 1.82) is 0 Å². The van der Waals surface area contributed by atoms with Gasteiger partial charge in [0, 0.05) is 12.1 Å². The maximum absolute atomic E-state index is 10.2. The number of nitro groups is 1. The van der Waals surface area contributed by atoms with E-state index in [1.165, 1.54) is 18.2 Å². The molecule has 0 aliphatic rings. The number of benzene rings is 1. The normalized spacial score (nSPS) is 8.46. The van der Waals surface area contributed by atoms with Gasteiger partial charge in [0.2, 0.25) is 0 Å². The number of hydrogen-bond acceptors (Lipinski definition) is 2. The summed E-state index contributed by atoms with van der Waals surface area (Å²) in [5, 5.41) is 10.7. The predicted molar refractivity (Wildman–Crippen MR) is 54.4 cm³/mol. The maximum atomic E-state index is 10.2. The summed E-state index contributed by atoms with van der Waals surface area (Å²) in [7, 11) is 0. The van der Waals surface area contributed by atoms with Gasteiger partial charge in [-0.25, -0.2) is 0 Å². The average Bonchev–Trinajstić information content (AvgIpc) is 2.13. The molecule has 5 heteroatoms. The first-order valence-electron chi connectivity index (χ1n) is 3.20. The van der Waals surface area contributed by atoms with Crippen molar-refractivity contribution in [1.82, 2.24) is 0 Å². The molecule has 0 atom stereocenters. The van der Waals surface area contributed by atoms with Crippen LogP contribution in [0.2, 0.25) is 10.0 Å². The third-order valence-corrected chi connectivity index (χ3v) is 1.85. The molecule has 0 aliphatic heterocycles. The van der Waals surface area contributed by atoms with Gasteiger partial charge in [-0.1, -0.05) is 23.2 Å². The third kappa shape index (κ3) is 3.44. The van der Waals surface area contributed by atoms with Crippen LogP contribution in [-0.2, 0) is 0 Å². The SMILES string of the molecule is C=C.O=[N+]([O-])c1ccc(Cl)c(Cl)c1. The fraction of sp³-hybridized carbons (Fsp3) is 0. The molecule has 0 spiro atoms. The zero-order valence-corrected chi connectivity index (χ0v) is 8.18. The maximum Gasteiger partial charge on any atom is 0.271 e. The van der Waals surface area contributed by atoms with Crippen LogP contribution in [0.1, 0.15) is 0 Å². The Balaban J connectivity index is 0.000000671. The Labute approximate surface area is 85.7 Å². The lowest BCUT2D eigenvalue weighted by atomic mass is 10.3. The van der Waals surface area contributed by atoms with E-state index in [9.17, 15) is 10.1 Å². The van der Waals surface area contributed by atoms with Gasteiger partial charge in [-0.2, -0.15) is 0 Å². The van der Waals surface area contributed by atoms with Gasteiger partial charge in [0.15, 0.2) is 0 Å². The van der Waals surface area contributed by atoms with E-state index in [2.05, 4.69) is 13.2 Å². The molecule has 0 saturated carbocycles. The first-order valence-corrected chi connectivity index (χ1v) is 3.96. The highest BCUT2D eigenvalue weighted by molar-refractivity contribution is 6.42. The van der Waals surface area contributed by atoms with Crippen LogP contribution >= 0.6 is 23.2 Å². The molecule has 0 bridgehead atoms. The fourth-order valence-corrected chi connectivity index (χ4v) is 0.891. The molecular weight excluding hydrogens is 213 g/mol. The van der Waals surface area contributed by atoms with E-state index < -0.39 is 4.92 Å². The molecule has 0 fully saturated rings. The van der Waals surface area contributed by atoms with Gasteiger partial charge < -0.3 is 0 Å². The van der Waals surface area contributed by atoms with Gasteiger partial charge in [0.05, 0.1) is 15.0 Å². The van der Waals surface area contributed by atoms with E-state index in [0.717, 1.165) is 0 Å². The van der Waals surface area contributed by atoms with E-state index >= 15 is 0 Å². The predicted octanol–water partition coefficient (Wildman–Crippen LogP) is 3.70. The summed E-state index contributed by atoms with van der Waals surface area (Å²) in [5.74, 6) is 0. The summed E-state index contributed by atoms with van der Waals surface area (Å²) in [6, 6.07) is 3.90. The Morgan fingerprint density at radius 3 is 2.15 bits per heavy atom. The van der Waals surface area contributed by atoms with Crippen LogP contribution < -0.4 is 0 Å². The minimum atomic E-state index is -0.526. The van der Waals surface area contributed by atoms with Crippen LogP contribution in [0.15, 0.2) is 31.4 Å². The Bertz CT molecular complexity index is 315. The fourth-order valence-electron chi connectivity index (χ4n) is 0.599. The topological polar surface area (TPSA) is 43.1 Å². The van der Waals surface area contributed by atoms with Crippen molar-refractivity contribution in [2.45, 2.75) is 0 Å². The second-order valence-corrected chi connectivity index (χ2v) is 2.67. The van der Waals surface area contributed by atoms with E-state index in [1.54, 1.807) is 0 Å². The van der Waals surface area contributed by atoms with Crippen molar-refractivity contribution in [2.24, 2.45) is 0 Å². The van der Waals surface area contributed by atoms with Crippen LogP contribution in [0.25, 0.3) is 0 Å². The molecule has 3 nitrogen and oxygen atoms in total. The van der Waals surface area contributed by atoms with E-state index in [1.807, 2.05) is 0 Å². The van der Waals surface area contributed by atoms with Crippen molar-refractivity contribution >= 4 is 28.9 Å².